The third-order valence-corrected chi connectivity index (χ3v) is 6.69. The molecule has 4 aliphatic rings. The zero-order chi connectivity index (χ0) is 18.9. The van der Waals surface area contributed by atoms with Gasteiger partial charge in [0.2, 0.25) is 0 Å². The molecular weight excluding hydrogens is 332 g/mol. The van der Waals surface area contributed by atoms with Crippen molar-refractivity contribution >= 4 is 11.8 Å². The molecule has 140 valence electrons. The first-order chi connectivity index (χ1) is 12.2. The fourth-order valence-corrected chi connectivity index (χ4v) is 4.97. The molecule has 0 aromatic heterocycles. The average molecular weight is 358 g/mol. The molecule has 0 saturated carbocycles. The summed E-state index contributed by atoms with van der Waals surface area (Å²) in [7, 11) is 0. The molecule has 0 spiro atoms. The molecular formula is C21H26O5. The minimum Gasteiger partial charge on any atom is -0.457 e. The molecule has 0 unspecified atom stereocenters. The average Bonchev–Trinajstić information content (AvgIpc) is 3.16. The van der Waals surface area contributed by atoms with Crippen LogP contribution in [0.5, 0.6) is 0 Å². The van der Waals surface area contributed by atoms with Crippen LogP contribution in [-0.2, 0) is 19.1 Å². The molecule has 5 nitrogen and oxygen atoms in total. The Morgan fingerprint density at radius 1 is 1.27 bits per heavy atom. The number of hydrogen-bond acceptors (Lipinski definition) is 5. The Labute approximate surface area is 153 Å². The Bertz CT molecular complexity index is 775. The predicted octanol–water partition coefficient (Wildman–Crippen LogP) is 2.78. The Morgan fingerprint density at radius 3 is 2.62 bits per heavy atom. The smallest absolute Gasteiger partial charge is 0.341 e. The first-order valence-corrected chi connectivity index (χ1v) is 9.39. The molecule has 5 atom stereocenters. The van der Waals surface area contributed by atoms with Crippen LogP contribution in [0.1, 0.15) is 52.9 Å². The van der Waals surface area contributed by atoms with Crippen molar-refractivity contribution in [3.63, 3.8) is 0 Å². The second-order valence-electron chi connectivity index (χ2n) is 8.40. The van der Waals surface area contributed by atoms with Crippen LogP contribution in [0.25, 0.3) is 0 Å². The van der Waals surface area contributed by atoms with E-state index >= 15 is 0 Å². The van der Waals surface area contributed by atoms with Crippen LogP contribution >= 0.6 is 0 Å². The monoisotopic (exact) mass is 358 g/mol. The lowest BCUT2D eigenvalue weighted by molar-refractivity contribution is -0.154. The molecule has 0 aromatic carbocycles. The number of carbonyl (C=O) groups excluding carboxylic acids is 2. The number of allylic oxidation sites excluding steroid dienone is 2. The Kier molecular flexibility index (Phi) is 3.83. The molecule has 2 fully saturated rings. The molecule has 2 aliphatic heterocycles. The number of esters is 1. The van der Waals surface area contributed by atoms with E-state index < -0.39 is 11.2 Å². The van der Waals surface area contributed by atoms with Gasteiger partial charge in [-0.1, -0.05) is 17.7 Å². The van der Waals surface area contributed by atoms with Gasteiger partial charge in [0.25, 0.3) is 0 Å². The summed E-state index contributed by atoms with van der Waals surface area (Å²) in [6.45, 7) is 9.72. The van der Waals surface area contributed by atoms with E-state index in [1.165, 1.54) is 6.08 Å². The predicted molar refractivity (Wildman–Crippen MR) is 95.3 cm³/mol. The van der Waals surface area contributed by atoms with Crippen LogP contribution in [0.15, 0.2) is 34.9 Å². The number of ketones is 1. The van der Waals surface area contributed by atoms with E-state index in [1.807, 2.05) is 20.8 Å². The molecule has 4 rings (SSSR count). The van der Waals surface area contributed by atoms with Gasteiger partial charge in [0.15, 0.2) is 11.4 Å². The summed E-state index contributed by atoms with van der Waals surface area (Å²) >= 11 is 0. The van der Waals surface area contributed by atoms with Crippen LogP contribution in [0.2, 0.25) is 0 Å². The molecule has 2 saturated heterocycles. The molecule has 5 heteroatoms. The Morgan fingerprint density at radius 2 is 1.96 bits per heavy atom. The number of fused-ring (bicyclic) bond motifs is 1. The lowest BCUT2D eigenvalue weighted by Crippen LogP contribution is -2.34. The van der Waals surface area contributed by atoms with Crippen molar-refractivity contribution in [3.05, 3.63) is 34.9 Å². The van der Waals surface area contributed by atoms with Crippen molar-refractivity contribution in [2.45, 2.75) is 76.3 Å². The number of ether oxygens (including phenoxy) is 2. The lowest BCUT2D eigenvalue weighted by atomic mass is 9.78. The van der Waals surface area contributed by atoms with E-state index in [9.17, 15) is 14.7 Å². The second-order valence-corrected chi connectivity index (χ2v) is 8.40. The fraction of sp³-hybridized carbons (Fsp3) is 0.619. The van der Waals surface area contributed by atoms with Gasteiger partial charge in [-0.3, -0.25) is 4.79 Å². The summed E-state index contributed by atoms with van der Waals surface area (Å²) in [4.78, 5) is 25.0. The van der Waals surface area contributed by atoms with Gasteiger partial charge in [-0.05, 0) is 64.0 Å². The lowest BCUT2D eigenvalue weighted by Gasteiger charge is -2.30. The second kappa shape index (κ2) is 5.64. The quantitative estimate of drug-likeness (QED) is 0.443. The van der Waals surface area contributed by atoms with Crippen LogP contribution in [-0.4, -0.2) is 40.3 Å². The number of carbonyl (C=O) groups is 2. The van der Waals surface area contributed by atoms with Crippen LogP contribution in [0, 0.1) is 5.92 Å². The van der Waals surface area contributed by atoms with E-state index in [0.29, 0.717) is 36.8 Å². The summed E-state index contributed by atoms with van der Waals surface area (Å²) in [5.41, 5.74) is 0.905. The highest BCUT2D eigenvalue weighted by molar-refractivity contribution is 6.10. The standard InChI is InChI=1S/C21H26O5/c1-11(2)14-5-7-20(24)13(4)10-15(22)17(20)12(3)9-16-18-21(26-18,8-6-14)19(23)25-16/h10,14,16,18,24H,1,5-9H2,2-4H3/t14-,16-,18-,20+,21-/m1/s1. The number of aliphatic hydroxyl groups is 1. The number of rotatable bonds is 1. The molecule has 0 radical (unpaired) electrons. The Balaban J connectivity index is 1.75. The maximum atomic E-state index is 12.6. The van der Waals surface area contributed by atoms with Crippen molar-refractivity contribution < 1.29 is 24.2 Å². The summed E-state index contributed by atoms with van der Waals surface area (Å²) < 4.78 is 11.4. The van der Waals surface area contributed by atoms with Crippen LogP contribution in [0.3, 0.4) is 0 Å². The molecule has 2 bridgehead atoms. The van der Waals surface area contributed by atoms with Gasteiger partial charge >= 0.3 is 5.97 Å². The van der Waals surface area contributed by atoms with Crippen molar-refractivity contribution in [2.24, 2.45) is 5.92 Å². The summed E-state index contributed by atoms with van der Waals surface area (Å²) in [6.07, 6.45) is 3.90. The van der Waals surface area contributed by atoms with Gasteiger partial charge in [0.1, 0.15) is 17.8 Å². The van der Waals surface area contributed by atoms with Gasteiger partial charge in [-0.25, -0.2) is 4.79 Å². The van der Waals surface area contributed by atoms with Crippen LogP contribution in [0.4, 0.5) is 0 Å². The van der Waals surface area contributed by atoms with Crippen LogP contribution < -0.4 is 0 Å². The zero-order valence-electron chi connectivity index (χ0n) is 15.6. The van der Waals surface area contributed by atoms with Gasteiger partial charge in [0.05, 0.1) is 0 Å². The Hall–Kier alpha value is -1.72. The third-order valence-electron chi connectivity index (χ3n) is 6.69. The van der Waals surface area contributed by atoms with E-state index in [0.717, 1.165) is 17.6 Å². The molecule has 0 amide bonds. The highest BCUT2D eigenvalue weighted by Gasteiger charge is 2.72. The maximum absolute atomic E-state index is 12.6. The highest BCUT2D eigenvalue weighted by Crippen LogP contribution is 2.53. The molecule has 1 N–H and O–H groups in total. The fourth-order valence-electron chi connectivity index (χ4n) is 4.97. The minimum atomic E-state index is -1.24. The van der Waals surface area contributed by atoms with E-state index in [-0.39, 0.29) is 29.9 Å². The number of hydrogen-bond donors (Lipinski definition) is 1. The SMILES string of the molecule is C=C(C)[C@@H]1CC[C@]2(O)C(C)=CC(=O)C2=C(C)C[C@H]2OC(=O)[C@]3(CC1)O[C@H]23. The van der Waals surface area contributed by atoms with Crippen molar-refractivity contribution in [3.8, 4) is 0 Å². The normalized spacial score (nSPS) is 42.3. The van der Waals surface area contributed by atoms with Gasteiger partial charge in [0, 0.05) is 12.0 Å². The molecule has 2 heterocycles. The first kappa shape index (κ1) is 17.7. The zero-order valence-corrected chi connectivity index (χ0v) is 15.6. The largest absolute Gasteiger partial charge is 0.457 e. The van der Waals surface area contributed by atoms with Gasteiger partial charge < -0.3 is 14.6 Å². The van der Waals surface area contributed by atoms with Crippen molar-refractivity contribution in [2.75, 3.05) is 0 Å². The van der Waals surface area contributed by atoms with Crippen molar-refractivity contribution in [1.29, 1.82) is 0 Å². The molecule has 26 heavy (non-hydrogen) atoms. The van der Waals surface area contributed by atoms with Gasteiger partial charge in [-0.15, -0.1) is 0 Å². The van der Waals surface area contributed by atoms with Crippen molar-refractivity contribution in [1.82, 2.24) is 0 Å². The minimum absolute atomic E-state index is 0.140. The van der Waals surface area contributed by atoms with E-state index in [1.54, 1.807) is 0 Å². The number of epoxide rings is 1. The van der Waals surface area contributed by atoms with E-state index in [2.05, 4.69) is 6.58 Å². The summed E-state index contributed by atoms with van der Waals surface area (Å²) in [5, 5.41) is 11.4. The maximum Gasteiger partial charge on any atom is 0.341 e. The van der Waals surface area contributed by atoms with E-state index in [4.69, 9.17) is 9.47 Å². The third kappa shape index (κ3) is 2.37. The summed E-state index contributed by atoms with van der Waals surface area (Å²) in [6, 6.07) is 0. The highest BCUT2D eigenvalue weighted by atomic mass is 16.7. The topological polar surface area (TPSA) is 76.1 Å². The van der Waals surface area contributed by atoms with Gasteiger partial charge in [-0.2, -0.15) is 0 Å². The summed E-state index contributed by atoms with van der Waals surface area (Å²) in [5.74, 6) is -0.263. The molecule has 0 aromatic rings. The first-order valence-electron chi connectivity index (χ1n) is 9.39. The molecule has 2 aliphatic carbocycles.